The van der Waals surface area contributed by atoms with Gasteiger partial charge in [0.25, 0.3) is 0 Å². The fraction of sp³-hybridized carbons (Fsp3) is 0.333. The Bertz CT molecular complexity index is 647. The van der Waals surface area contributed by atoms with Gasteiger partial charge in [0.2, 0.25) is 5.88 Å². The maximum absolute atomic E-state index is 5.99. The Labute approximate surface area is 134 Å². The summed E-state index contributed by atoms with van der Waals surface area (Å²) in [5.41, 5.74) is 8.81. The smallest absolute Gasteiger partial charge is 0.243 e. The van der Waals surface area contributed by atoms with Crippen LogP contribution in [0, 0.1) is 0 Å². The molecule has 0 radical (unpaired) electrons. The van der Waals surface area contributed by atoms with Crippen LogP contribution in [0.1, 0.15) is 30.7 Å². The lowest BCUT2D eigenvalue weighted by molar-refractivity contribution is 0.445. The SMILES string of the molecule is CCc1nnc(Oc2ccc(Cl)c(Cl)c2)c(CN)c1CC. The summed E-state index contributed by atoms with van der Waals surface area (Å²) < 4.78 is 5.78. The van der Waals surface area contributed by atoms with Crippen molar-refractivity contribution in [2.75, 3.05) is 0 Å². The number of ether oxygens (including phenoxy) is 1. The van der Waals surface area contributed by atoms with Gasteiger partial charge in [-0.15, -0.1) is 5.10 Å². The van der Waals surface area contributed by atoms with Gasteiger partial charge < -0.3 is 10.5 Å². The van der Waals surface area contributed by atoms with E-state index in [1.807, 2.05) is 6.92 Å². The van der Waals surface area contributed by atoms with Crippen molar-refractivity contribution in [1.29, 1.82) is 0 Å². The van der Waals surface area contributed by atoms with Crippen molar-refractivity contribution >= 4 is 23.2 Å². The third kappa shape index (κ3) is 3.46. The second kappa shape index (κ2) is 7.07. The van der Waals surface area contributed by atoms with Crippen molar-refractivity contribution in [3.8, 4) is 11.6 Å². The van der Waals surface area contributed by atoms with E-state index in [-0.39, 0.29) is 0 Å². The van der Waals surface area contributed by atoms with Crippen LogP contribution < -0.4 is 10.5 Å². The van der Waals surface area contributed by atoms with E-state index in [4.69, 9.17) is 33.7 Å². The summed E-state index contributed by atoms with van der Waals surface area (Å²) in [5, 5.41) is 9.28. The van der Waals surface area contributed by atoms with E-state index in [1.165, 1.54) is 0 Å². The normalized spacial score (nSPS) is 10.7. The first kappa shape index (κ1) is 16.0. The zero-order chi connectivity index (χ0) is 15.4. The molecular formula is C15H17Cl2N3O. The summed E-state index contributed by atoms with van der Waals surface area (Å²) in [5.74, 6) is 0.977. The third-order valence-electron chi connectivity index (χ3n) is 3.23. The van der Waals surface area contributed by atoms with Crippen molar-refractivity contribution < 1.29 is 4.74 Å². The van der Waals surface area contributed by atoms with Crippen LogP contribution in [-0.4, -0.2) is 10.2 Å². The van der Waals surface area contributed by atoms with Gasteiger partial charge in [0, 0.05) is 18.2 Å². The molecule has 0 bridgehead atoms. The largest absolute Gasteiger partial charge is 0.437 e. The molecule has 0 aliphatic rings. The lowest BCUT2D eigenvalue weighted by atomic mass is 10.0. The zero-order valence-electron chi connectivity index (χ0n) is 12.0. The van der Waals surface area contributed by atoms with Crippen molar-refractivity contribution in [1.82, 2.24) is 10.2 Å². The summed E-state index contributed by atoms with van der Waals surface area (Å²) >= 11 is 11.9. The molecule has 0 atom stereocenters. The number of aromatic nitrogens is 2. The molecule has 1 aromatic carbocycles. The fourth-order valence-corrected chi connectivity index (χ4v) is 2.46. The van der Waals surface area contributed by atoms with Crippen LogP contribution in [0.25, 0.3) is 0 Å². The predicted octanol–water partition coefficient (Wildman–Crippen LogP) is 4.16. The highest BCUT2D eigenvalue weighted by Crippen LogP contribution is 2.31. The maximum Gasteiger partial charge on any atom is 0.243 e. The molecule has 6 heteroatoms. The molecule has 1 aromatic heterocycles. The first-order valence-electron chi connectivity index (χ1n) is 6.80. The molecule has 0 unspecified atom stereocenters. The van der Waals surface area contributed by atoms with E-state index >= 15 is 0 Å². The van der Waals surface area contributed by atoms with Crippen molar-refractivity contribution in [2.45, 2.75) is 33.2 Å². The van der Waals surface area contributed by atoms with Crippen LogP contribution in [0.5, 0.6) is 11.6 Å². The number of nitrogens with two attached hydrogens (primary N) is 1. The number of aryl methyl sites for hydroxylation is 1. The monoisotopic (exact) mass is 325 g/mol. The molecular weight excluding hydrogens is 309 g/mol. The van der Waals surface area contributed by atoms with Gasteiger partial charge in [0.05, 0.1) is 15.7 Å². The van der Waals surface area contributed by atoms with Crippen LogP contribution >= 0.6 is 23.2 Å². The quantitative estimate of drug-likeness (QED) is 0.896. The van der Waals surface area contributed by atoms with Crippen molar-refractivity contribution in [2.24, 2.45) is 5.73 Å². The minimum Gasteiger partial charge on any atom is -0.437 e. The second-order valence-corrected chi connectivity index (χ2v) is 5.31. The molecule has 112 valence electrons. The van der Waals surface area contributed by atoms with E-state index in [1.54, 1.807) is 18.2 Å². The Balaban J connectivity index is 2.41. The predicted molar refractivity (Wildman–Crippen MR) is 85.2 cm³/mol. The van der Waals surface area contributed by atoms with Crippen molar-refractivity contribution in [3.63, 3.8) is 0 Å². The summed E-state index contributed by atoms with van der Waals surface area (Å²) in [6.45, 7) is 4.46. The van der Waals surface area contributed by atoms with Crippen LogP contribution in [0.2, 0.25) is 10.0 Å². The first-order chi connectivity index (χ1) is 10.1. The molecule has 0 fully saturated rings. The second-order valence-electron chi connectivity index (χ2n) is 4.50. The van der Waals surface area contributed by atoms with Gasteiger partial charge in [0.1, 0.15) is 5.75 Å². The minimum absolute atomic E-state index is 0.350. The molecule has 0 saturated heterocycles. The standard InChI is InChI=1S/C15H17Cl2N3O/c1-3-10-11(8-18)15(20-19-14(10)4-2)21-9-5-6-12(16)13(17)7-9/h5-7H,3-4,8,18H2,1-2H3. The third-order valence-corrected chi connectivity index (χ3v) is 3.97. The topological polar surface area (TPSA) is 61.0 Å². The number of hydrogen-bond donors (Lipinski definition) is 1. The molecule has 0 aliphatic carbocycles. The maximum atomic E-state index is 5.99. The van der Waals surface area contributed by atoms with Crippen LogP contribution in [0.15, 0.2) is 18.2 Å². The molecule has 0 saturated carbocycles. The lowest BCUT2D eigenvalue weighted by Crippen LogP contribution is -2.10. The molecule has 2 rings (SSSR count). The number of halogens is 2. The van der Waals surface area contributed by atoms with Gasteiger partial charge in [-0.25, -0.2) is 0 Å². The molecule has 0 aliphatic heterocycles. The Hall–Kier alpha value is -1.36. The fourth-order valence-electron chi connectivity index (χ4n) is 2.18. The Morgan fingerprint density at radius 2 is 1.81 bits per heavy atom. The number of nitrogens with zero attached hydrogens (tertiary/aromatic N) is 2. The van der Waals surface area contributed by atoms with E-state index in [0.29, 0.717) is 28.2 Å². The molecule has 21 heavy (non-hydrogen) atoms. The van der Waals surface area contributed by atoms with Gasteiger partial charge in [-0.05, 0) is 30.5 Å². The van der Waals surface area contributed by atoms with Crippen LogP contribution in [-0.2, 0) is 19.4 Å². The van der Waals surface area contributed by atoms with Gasteiger partial charge in [-0.3, -0.25) is 0 Å². The number of benzene rings is 1. The highest BCUT2D eigenvalue weighted by atomic mass is 35.5. The van der Waals surface area contributed by atoms with E-state index in [9.17, 15) is 0 Å². The van der Waals surface area contributed by atoms with E-state index in [2.05, 4.69) is 17.1 Å². The van der Waals surface area contributed by atoms with Gasteiger partial charge in [-0.2, -0.15) is 5.10 Å². The molecule has 0 spiro atoms. The molecule has 2 aromatic rings. The highest BCUT2D eigenvalue weighted by molar-refractivity contribution is 6.42. The molecule has 4 nitrogen and oxygen atoms in total. The van der Waals surface area contributed by atoms with E-state index < -0.39 is 0 Å². The lowest BCUT2D eigenvalue weighted by Gasteiger charge is -2.14. The molecule has 0 amide bonds. The van der Waals surface area contributed by atoms with E-state index in [0.717, 1.165) is 29.7 Å². The summed E-state index contributed by atoms with van der Waals surface area (Å²) in [7, 11) is 0. The average Bonchev–Trinajstić information content (AvgIpc) is 2.50. The Kier molecular flexibility index (Phi) is 5.39. The van der Waals surface area contributed by atoms with Crippen molar-refractivity contribution in [3.05, 3.63) is 45.1 Å². The summed E-state index contributed by atoms with van der Waals surface area (Å²) in [6, 6.07) is 5.05. The Morgan fingerprint density at radius 3 is 2.38 bits per heavy atom. The number of rotatable bonds is 5. The molecule has 1 heterocycles. The number of hydrogen-bond acceptors (Lipinski definition) is 4. The Morgan fingerprint density at radius 1 is 1.05 bits per heavy atom. The highest BCUT2D eigenvalue weighted by Gasteiger charge is 2.15. The molecule has 2 N–H and O–H groups in total. The van der Waals surface area contributed by atoms with Gasteiger partial charge >= 0.3 is 0 Å². The van der Waals surface area contributed by atoms with Gasteiger partial charge in [0.15, 0.2) is 0 Å². The van der Waals surface area contributed by atoms with Crippen LogP contribution in [0.3, 0.4) is 0 Å². The zero-order valence-corrected chi connectivity index (χ0v) is 13.5. The minimum atomic E-state index is 0.350. The first-order valence-corrected chi connectivity index (χ1v) is 7.56. The van der Waals surface area contributed by atoms with Crippen LogP contribution in [0.4, 0.5) is 0 Å². The van der Waals surface area contributed by atoms with Gasteiger partial charge in [-0.1, -0.05) is 37.0 Å². The average molecular weight is 326 g/mol. The summed E-state index contributed by atoms with van der Waals surface area (Å²) in [4.78, 5) is 0. The summed E-state index contributed by atoms with van der Waals surface area (Å²) in [6.07, 6.45) is 1.65.